The standard InChI is InChI=1S/C39H49Si.3ClH.Ti/c1-7-28-19-29(8-2)23-35(22-28)40(36-24-30(9-3)20-31(10-4)25-36,37-26-32(11-5)21-33(12-6)27-37)39-18-17-34-15-13-14-16-38(34)39;;;;/h13-14,16,19-27,34H,7-12,15,17-18H2,1-6H3;3*1H;/q;;;;+3/p-3. The summed E-state index contributed by atoms with van der Waals surface area (Å²) in [5.74, 6) is 0.678. The average molecular weight is 700 g/mol. The van der Waals surface area contributed by atoms with Gasteiger partial charge in [0.15, 0.2) is 0 Å². The Morgan fingerprint density at radius 1 is 0.591 bits per heavy atom. The summed E-state index contributed by atoms with van der Waals surface area (Å²) in [4.78, 5) is 0. The molecule has 0 saturated heterocycles. The van der Waals surface area contributed by atoms with Crippen molar-refractivity contribution >= 4 is 23.6 Å². The Hall–Kier alpha value is -1.06. The fourth-order valence-corrected chi connectivity index (χ4v) is 16.6. The van der Waals surface area contributed by atoms with E-state index < -0.39 is 8.07 Å². The van der Waals surface area contributed by atoms with Crippen molar-refractivity contribution < 1.29 is 57.7 Å². The summed E-state index contributed by atoms with van der Waals surface area (Å²) >= 11 is 2.70. The van der Waals surface area contributed by atoms with E-state index in [4.69, 9.17) is 0 Å². The van der Waals surface area contributed by atoms with Crippen molar-refractivity contribution in [2.45, 2.75) is 103 Å². The maximum Gasteiger partial charge on any atom is -1.00 e. The van der Waals surface area contributed by atoms with Gasteiger partial charge in [-0.25, -0.2) is 0 Å². The first-order valence-electron chi connectivity index (χ1n) is 16.4. The fourth-order valence-electron chi connectivity index (χ4n) is 7.78. The summed E-state index contributed by atoms with van der Waals surface area (Å²) in [5, 5.41) is 4.91. The van der Waals surface area contributed by atoms with Crippen molar-refractivity contribution in [2.75, 3.05) is 0 Å². The van der Waals surface area contributed by atoms with E-state index in [2.05, 4.69) is 135 Å². The molecule has 0 bridgehead atoms. The number of aryl methyl sites for hydroxylation is 6. The van der Waals surface area contributed by atoms with Gasteiger partial charge in [-0.2, -0.15) is 0 Å². The summed E-state index contributed by atoms with van der Waals surface area (Å²) in [5.41, 5.74) is 10.7. The number of halogens is 3. The second-order valence-corrected chi connectivity index (χ2v) is 18.6. The molecule has 3 aromatic rings. The molecule has 0 heterocycles. The Bertz CT molecular complexity index is 1270. The first-order chi connectivity index (χ1) is 19.9. The number of fused-ring (bicyclic) bond motifs is 1. The topological polar surface area (TPSA) is 0 Å². The second-order valence-electron chi connectivity index (χ2n) is 12.4. The van der Waals surface area contributed by atoms with E-state index in [0.717, 1.165) is 38.5 Å². The van der Waals surface area contributed by atoms with Gasteiger partial charge in [-0.05, 0) is 0 Å². The number of benzene rings is 3. The van der Waals surface area contributed by atoms with Gasteiger partial charge < -0.3 is 37.2 Å². The molecule has 0 aliphatic heterocycles. The van der Waals surface area contributed by atoms with Crippen LogP contribution in [0.1, 0.15) is 94.2 Å². The summed E-state index contributed by atoms with van der Waals surface area (Å²) < 4.78 is 0.106. The van der Waals surface area contributed by atoms with Crippen LogP contribution < -0.4 is 52.8 Å². The molecular weight excluding hydrogens is 651 g/mol. The van der Waals surface area contributed by atoms with Crippen LogP contribution in [0.25, 0.3) is 0 Å². The van der Waals surface area contributed by atoms with Gasteiger partial charge in [-0.3, -0.25) is 0 Å². The molecule has 0 aromatic heterocycles. The SMILES string of the molecule is CCc1cc(CC)cc([Si](c2cc(CC)cc(CC)c2)(c2cc(CC)cc(CC)c2)[C]2([Ti+3])CCC3CC=CC=C32)c1.[Cl-].[Cl-].[Cl-]. The van der Waals surface area contributed by atoms with Crippen LogP contribution in [0.3, 0.4) is 0 Å². The molecule has 2 aliphatic carbocycles. The first-order valence-corrected chi connectivity index (χ1v) is 19.2. The van der Waals surface area contributed by atoms with E-state index in [1.54, 1.807) is 21.1 Å². The number of allylic oxidation sites excluding steroid dienone is 4. The van der Waals surface area contributed by atoms with E-state index in [-0.39, 0.29) is 40.6 Å². The molecule has 2 aliphatic rings. The van der Waals surface area contributed by atoms with Crippen LogP contribution in [0.4, 0.5) is 0 Å². The molecule has 44 heavy (non-hydrogen) atoms. The Morgan fingerprint density at radius 3 is 1.25 bits per heavy atom. The Kier molecular flexibility index (Phi) is 14.8. The molecule has 1 saturated carbocycles. The molecule has 0 amide bonds. The van der Waals surface area contributed by atoms with Crippen molar-refractivity contribution in [1.29, 1.82) is 0 Å². The van der Waals surface area contributed by atoms with Crippen molar-refractivity contribution in [1.82, 2.24) is 0 Å². The van der Waals surface area contributed by atoms with Crippen LogP contribution in [0, 0.1) is 5.92 Å². The Labute approximate surface area is 299 Å². The average Bonchev–Trinajstić information content (AvgIpc) is 3.37. The molecule has 0 radical (unpaired) electrons. The maximum absolute atomic E-state index is 2.70. The number of hydrogen-bond acceptors (Lipinski definition) is 0. The first kappa shape index (κ1) is 39.1. The van der Waals surface area contributed by atoms with Gasteiger partial charge in [0, 0.05) is 0 Å². The predicted octanol–water partition coefficient (Wildman–Crippen LogP) is -0.916. The van der Waals surface area contributed by atoms with Gasteiger partial charge >= 0.3 is 264 Å². The molecule has 1 fully saturated rings. The monoisotopic (exact) mass is 698 g/mol. The molecule has 2 unspecified atom stereocenters. The van der Waals surface area contributed by atoms with Gasteiger partial charge in [0.25, 0.3) is 0 Å². The van der Waals surface area contributed by atoms with Crippen LogP contribution in [0.2, 0.25) is 3.34 Å². The van der Waals surface area contributed by atoms with Crippen molar-refractivity contribution in [3.05, 3.63) is 112 Å². The third kappa shape index (κ3) is 6.95. The summed E-state index contributed by atoms with van der Waals surface area (Å²) in [6.07, 6.45) is 17.6. The summed E-state index contributed by atoms with van der Waals surface area (Å²) in [7, 11) is -2.61. The van der Waals surface area contributed by atoms with E-state index in [0.29, 0.717) is 5.92 Å². The smallest absolute Gasteiger partial charge is 1.00 e. The molecule has 0 N–H and O–H groups in total. The molecule has 5 heteroatoms. The zero-order valence-electron chi connectivity index (χ0n) is 27.5. The molecule has 234 valence electrons. The van der Waals surface area contributed by atoms with E-state index in [9.17, 15) is 0 Å². The third-order valence-corrected chi connectivity index (χ3v) is 18.1. The molecule has 0 spiro atoms. The van der Waals surface area contributed by atoms with E-state index in [1.807, 2.05) is 0 Å². The Morgan fingerprint density at radius 2 is 0.932 bits per heavy atom. The minimum absolute atomic E-state index is 0. The van der Waals surface area contributed by atoms with Gasteiger partial charge in [0.1, 0.15) is 0 Å². The van der Waals surface area contributed by atoms with Gasteiger partial charge in [0.05, 0.1) is 0 Å². The van der Waals surface area contributed by atoms with Crippen molar-refractivity contribution in [2.24, 2.45) is 5.92 Å². The molecule has 0 nitrogen and oxygen atoms in total. The maximum atomic E-state index is 2.70. The Balaban J connectivity index is 0.00000225. The van der Waals surface area contributed by atoms with E-state index >= 15 is 0 Å². The van der Waals surface area contributed by atoms with Crippen LogP contribution in [-0.4, -0.2) is 8.07 Å². The van der Waals surface area contributed by atoms with E-state index in [1.165, 1.54) is 52.6 Å². The van der Waals surface area contributed by atoms with Gasteiger partial charge in [0.2, 0.25) is 0 Å². The minimum atomic E-state index is -2.61. The number of hydrogen-bond donors (Lipinski definition) is 0. The normalized spacial score (nSPS) is 18.9. The zero-order valence-corrected chi connectivity index (χ0v) is 32.3. The van der Waals surface area contributed by atoms with Crippen LogP contribution in [-0.2, 0) is 59.0 Å². The zero-order chi connectivity index (χ0) is 29.2. The van der Waals surface area contributed by atoms with Crippen LogP contribution >= 0.6 is 0 Å². The van der Waals surface area contributed by atoms with Gasteiger partial charge in [-0.1, -0.05) is 0 Å². The van der Waals surface area contributed by atoms with Gasteiger partial charge in [-0.15, -0.1) is 0 Å². The third-order valence-electron chi connectivity index (χ3n) is 10.2. The van der Waals surface area contributed by atoms with Crippen LogP contribution in [0.5, 0.6) is 0 Å². The minimum Gasteiger partial charge on any atom is -1.00 e. The van der Waals surface area contributed by atoms with Crippen molar-refractivity contribution in [3.8, 4) is 0 Å². The number of rotatable bonds is 10. The summed E-state index contributed by atoms with van der Waals surface area (Å²) in [6, 6.07) is 23.3. The van der Waals surface area contributed by atoms with Crippen molar-refractivity contribution in [3.63, 3.8) is 0 Å². The largest absolute Gasteiger partial charge is 1.00 e. The molecular formula is C39H49Cl3SiTi. The second kappa shape index (κ2) is 16.7. The quantitative estimate of drug-likeness (QED) is 0.190. The van der Waals surface area contributed by atoms with Crippen LogP contribution in [0.15, 0.2) is 78.4 Å². The molecule has 3 aromatic carbocycles. The molecule has 5 rings (SSSR count). The molecule has 2 atom stereocenters. The summed E-state index contributed by atoms with van der Waals surface area (Å²) in [6.45, 7) is 14.0. The predicted molar refractivity (Wildman–Crippen MR) is 178 cm³/mol. The fraction of sp³-hybridized carbons (Fsp3) is 0.436.